The molecule has 1 fully saturated rings. The quantitative estimate of drug-likeness (QED) is 0.336. The van der Waals surface area contributed by atoms with Gasteiger partial charge >= 0.3 is 0 Å². The van der Waals surface area contributed by atoms with Crippen LogP contribution in [-0.4, -0.2) is 28.5 Å². The van der Waals surface area contributed by atoms with E-state index < -0.39 is 0 Å². The largest absolute Gasteiger partial charge is 0.326 e. The van der Waals surface area contributed by atoms with E-state index in [4.69, 9.17) is 0 Å². The molecule has 4 nitrogen and oxygen atoms in total. The summed E-state index contributed by atoms with van der Waals surface area (Å²) in [4.78, 5) is 14.7. The number of carbonyl (C=O) groups excluding carboxylic acids is 1. The van der Waals surface area contributed by atoms with Crippen LogP contribution in [0.15, 0.2) is 79.0 Å². The molecule has 1 N–H and O–H groups in total. The van der Waals surface area contributed by atoms with Crippen molar-refractivity contribution in [2.24, 2.45) is 5.92 Å². The van der Waals surface area contributed by atoms with Crippen molar-refractivity contribution >= 4 is 22.5 Å². The third-order valence-electron chi connectivity index (χ3n) is 7.21. The van der Waals surface area contributed by atoms with Crippen molar-refractivity contribution in [2.75, 3.05) is 18.4 Å². The van der Waals surface area contributed by atoms with E-state index in [2.05, 4.69) is 94.6 Å². The monoisotopic (exact) mass is 465 g/mol. The number of hydrogen-bond acceptors (Lipinski definition) is 2. The lowest BCUT2D eigenvalue weighted by atomic mass is 9.89. The van der Waals surface area contributed by atoms with Gasteiger partial charge in [0, 0.05) is 35.4 Å². The summed E-state index contributed by atoms with van der Waals surface area (Å²) in [5.41, 5.74) is 7.40. The number of para-hydroxylation sites is 1. The second kappa shape index (κ2) is 10.1. The number of aryl methyl sites for hydroxylation is 1. The third kappa shape index (κ3) is 5.18. The average Bonchev–Trinajstić information content (AvgIpc) is 3.22. The van der Waals surface area contributed by atoms with Crippen LogP contribution in [0.3, 0.4) is 0 Å². The third-order valence-corrected chi connectivity index (χ3v) is 7.21. The molecule has 3 aromatic carbocycles. The summed E-state index contributed by atoms with van der Waals surface area (Å²) in [5, 5.41) is 4.39. The van der Waals surface area contributed by atoms with Gasteiger partial charge in [-0.3, -0.25) is 9.69 Å². The number of hydrogen-bond donors (Lipinski definition) is 1. The zero-order valence-electron chi connectivity index (χ0n) is 21.0. The van der Waals surface area contributed by atoms with Crippen molar-refractivity contribution in [2.45, 2.75) is 46.1 Å². The predicted molar refractivity (Wildman–Crippen MR) is 145 cm³/mol. The first-order chi connectivity index (χ1) is 17.0. The molecule has 0 spiro atoms. The van der Waals surface area contributed by atoms with Crippen LogP contribution in [0.5, 0.6) is 0 Å². The van der Waals surface area contributed by atoms with E-state index in [1.165, 1.54) is 33.3 Å². The Balaban J connectivity index is 1.29. The Morgan fingerprint density at radius 1 is 0.971 bits per heavy atom. The molecule has 4 aromatic rings. The zero-order valence-corrected chi connectivity index (χ0v) is 21.0. The molecule has 1 aliphatic rings. The Morgan fingerprint density at radius 2 is 1.74 bits per heavy atom. The van der Waals surface area contributed by atoms with Crippen LogP contribution in [0.4, 0.5) is 5.69 Å². The van der Waals surface area contributed by atoms with Crippen molar-refractivity contribution in [3.8, 4) is 5.69 Å². The number of aromatic nitrogens is 1. The molecule has 0 unspecified atom stereocenters. The van der Waals surface area contributed by atoms with Crippen LogP contribution < -0.4 is 5.32 Å². The van der Waals surface area contributed by atoms with Gasteiger partial charge in [0.05, 0.1) is 5.52 Å². The molecular formula is C31H35N3O. The topological polar surface area (TPSA) is 37.3 Å². The fraction of sp³-hybridized carbons (Fsp3) is 0.323. The number of likely N-dealkylation sites (tertiary alicyclic amines) is 1. The average molecular weight is 466 g/mol. The smallest absolute Gasteiger partial charge is 0.226 e. The van der Waals surface area contributed by atoms with Gasteiger partial charge in [-0.15, -0.1) is 0 Å². The zero-order chi connectivity index (χ0) is 24.4. The minimum atomic E-state index is -0.0151. The van der Waals surface area contributed by atoms with Gasteiger partial charge < -0.3 is 9.88 Å². The van der Waals surface area contributed by atoms with E-state index in [9.17, 15) is 4.79 Å². The first-order valence-electron chi connectivity index (χ1n) is 12.8. The summed E-state index contributed by atoms with van der Waals surface area (Å²) in [7, 11) is 0. The molecule has 0 atom stereocenters. The van der Waals surface area contributed by atoms with Crippen molar-refractivity contribution in [3.63, 3.8) is 0 Å². The number of nitrogens with zero attached hydrogens (tertiary/aromatic N) is 2. The molecule has 0 aliphatic carbocycles. The lowest BCUT2D eigenvalue weighted by molar-refractivity contribution is -0.118. The summed E-state index contributed by atoms with van der Waals surface area (Å²) in [6, 6.07) is 25.8. The molecule has 0 radical (unpaired) electrons. The van der Waals surface area contributed by atoms with Crippen LogP contribution in [0.25, 0.3) is 16.6 Å². The van der Waals surface area contributed by atoms with Gasteiger partial charge in [-0.05, 0) is 85.8 Å². The molecule has 0 bridgehead atoms. The number of carbonyl (C=O) groups is 1. The highest BCUT2D eigenvalue weighted by atomic mass is 16.1. The van der Waals surface area contributed by atoms with Crippen molar-refractivity contribution in [1.29, 1.82) is 0 Å². The van der Waals surface area contributed by atoms with Gasteiger partial charge in [0.1, 0.15) is 0 Å². The number of rotatable bonds is 6. The Hall–Kier alpha value is -3.37. The molecule has 2 heterocycles. The Kier molecular flexibility index (Phi) is 6.74. The molecule has 0 saturated carbocycles. The van der Waals surface area contributed by atoms with Crippen molar-refractivity contribution < 1.29 is 4.79 Å². The van der Waals surface area contributed by atoms with Crippen LogP contribution in [-0.2, 0) is 11.3 Å². The van der Waals surface area contributed by atoms with Crippen molar-refractivity contribution in [3.05, 3.63) is 95.7 Å². The van der Waals surface area contributed by atoms with Gasteiger partial charge in [-0.25, -0.2) is 0 Å². The standard InChI is InChI=1S/C31H35N3O/c1-22(2)31(35)32-27-9-7-8-25(19-27)24-14-16-33(17-15-24)20-26-21-34(28-10-5-4-6-11-28)30-18-23(3)12-13-29(26)30/h4-13,18-19,21-22,24H,14-17,20H2,1-3H3,(H,32,35). The maximum Gasteiger partial charge on any atom is 0.226 e. The van der Waals surface area contributed by atoms with E-state index in [1.54, 1.807) is 0 Å². The fourth-order valence-electron chi connectivity index (χ4n) is 5.16. The molecule has 1 saturated heterocycles. The molecule has 1 aromatic heterocycles. The highest BCUT2D eigenvalue weighted by Crippen LogP contribution is 2.32. The van der Waals surface area contributed by atoms with Crippen LogP contribution in [0, 0.1) is 12.8 Å². The highest BCUT2D eigenvalue weighted by molar-refractivity contribution is 5.92. The number of amides is 1. The van der Waals surface area contributed by atoms with Gasteiger partial charge in [0.25, 0.3) is 0 Å². The van der Waals surface area contributed by atoms with Crippen LogP contribution in [0.2, 0.25) is 0 Å². The Bertz CT molecular complexity index is 1310. The summed E-state index contributed by atoms with van der Waals surface area (Å²) in [6.45, 7) is 9.14. The maximum atomic E-state index is 12.1. The van der Waals surface area contributed by atoms with Crippen LogP contribution >= 0.6 is 0 Å². The van der Waals surface area contributed by atoms with Gasteiger partial charge in [0.2, 0.25) is 5.91 Å². The van der Waals surface area contributed by atoms with Crippen LogP contribution in [0.1, 0.15) is 49.3 Å². The molecule has 1 aliphatic heterocycles. The summed E-state index contributed by atoms with van der Waals surface area (Å²) in [5.74, 6) is 0.593. The predicted octanol–water partition coefficient (Wildman–Crippen LogP) is 6.91. The first kappa shape index (κ1) is 23.4. The molecule has 180 valence electrons. The first-order valence-corrected chi connectivity index (χ1v) is 12.8. The molecule has 35 heavy (non-hydrogen) atoms. The van der Waals surface area contributed by atoms with E-state index in [0.717, 1.165) is 38.2 Å². The Morgan fingerprint density at radius 3 is 2.49 bits per heavy atom. The molecule has 5 rings (SSSR count). The van der Waals surface area contributed by atoms with E-state index >= 15 is 0 Å². The maximum absolute atomic E-state index is 12.1. The van der Waals surface area contributed by atoms with Gasteiger partial charge in [0.15, 0.2) is 0 Å². The van der Waals surface area contributed by atoms with E-state index in [1.807, 2.05) is 19.9 Å². The normalized spacial score (nSPS) is 15.1. The highest BCUT2D eigenvalue weighted by Gasteiger charge is 2.22. The summed E-state index contributed by atoms with van der Waals surface area (Å²) < 4.78 is 2.33. The fourth-order valence-corrected chi connectivity index (χ4v) is 5.16. The minimum Gasteiger partial charge on any atom is -0.326 e. The van der Waals surface area contributed by atoms with Gasteiger partial charge in [-0.1, -0.05) is 56.3 Å². The second-order valence-electron chi connectivity index (χ2n) is 10.2. The number of nitrogens with one attached hydrogen (secondary N) is 1. The molecular weight excluding hydrogens is 430 g/mol. The minimum absolute atomic E-state index is 0.0151. The van der Waals surface area contributed by atoms with Gasteiger partial charge in [-0.2, -0.15) is 0 Å². The Labute approximate surface area is 208 Å². The molecule has 4 heteroatoms. The lowest BCUT2D eigenvalue weighted by Gasteiger charge is -2.32. The van der Waals surface area contributed by atoms with E-state index in [0.29, 0.717) is 5.92 Å². The SMILES string of the molecule is Cc1ccc2c(CN3CCC(c4cccc(NC(=O)C(C)C)c4)CC3)cn(-c3ccccc3)c2c1. The van der Waals surface area contributed by atoms with Crippen molar-refractivity contribution in [1.82, 2.24) is 9.47 Å². The number of anilines is 1. The number of fused-ring (bicyclic) bond motifs is 1. The lowest BCUT2D eigenvalue weighted by Crippen LogP contribution is -2.32. The number of benzene rings is 3. The second-order valence-corrected chi connectivity index (χ2v) is 10.2. The number of piperidine rings is 1. The van der Waals surface area contributed by atoms with E-state index in [-0.39, 0.29) is 11.8 Å². The summed E-state index contributed by atoms with van der Waals surface area (Å²) >= 11 is 0. The molecule has 1 amide bonds. The summed E-state index contributed by atoms with van der Waals surface area (Å²) in [6.07, 6.45) is 4.60.